The summed E-state index contributed by atoms with van der Waals surface area (Å²) >= 11 is 2.18. The van der Waals surface area contributed by atoms with Crippen molar-refractivity contribution < 1.29 is 14.1 Å². The normalized spacial score (nSPS) is 10.1. The summed E-state index contributed by atoms with van der Waals surface area (Å²) in [7, 11) is 0. The zero-order chi connectivity index (χ0) is 11.5. The van der Waals surface area contributed by atoms with Crippen molar-refractivity contribution in [3.8, 4) is 5.75 Å². The predicted octanol–water partition coefficient (Wildman–Crippen LogP) is 2.81. The third kappa shape index (κ3) is 2.60. The van der Waals surface area contributed by atoms with Gasteiger partial charge in [0.1, 0.15) is 5.75 Å². The molecule has 0 amide bonds. The van der Waals surface area contributed by atoms with Crippen LogP contribution in [0, 0.1) is 10.5 Å². The van der Waals surface area contributed by atoms with Crippen LogP contribution in [0.3, 0.4) is 0 Å². The number of hydrogen-bond donors (Lipinski definition) is 0. The first-order valence-corrected chi connectivity index (χ1v) is 5.64. The van der Waals surface area contributed by atoms with Crippen molar-refractivity contribution in [1.29, 1.82) is 0 Å². The number of ether oxygens (including phenoxy) is 1. The van der Waals surface area contributed by atoms with Gasteiger partial charge in [-0.3, -0.25) is 0 Å². The number of aryl methyl sites for hydroxylation is 1. The zero-order valence-electron chi connectivity index (χ0n) is 8.44. The SMILES string of the molecule is Cc1cc(C(=O)Oc2ccc(I)cc2)on1. The fraction of sp³-hybridized carbons (Fsp3) is 0.0909. The van der Waals surface area contributed by atoms with Crippen LogP contribution in [0.4, 0.5) is 0 Å². The lowest BCUT2D eigenvalue weighted by Gasteiger charge is -2.00. The smallest absolute Gasteiger partial charge is 0.382 e. The van der Waals surface area contributed by atoms with Gasteiger partial charge in [-0.05, 0) is 53.8 Å². The number of hydrogen-bond acceptors (Lipinski definition) is 4. The molecule has 1 aromatic carbocycles. The van der Waals surface area contributed by atoms with Gasteiger partial charge in [-0.25, -0.2) is 4.79 Å². The molecule has 0 fully saturated rings. The number of halogens is 1. The Kier molecular flexibility index (Phi) is 3.23. The van der Waals surface area contributed by atoms with Crippen LogP contribution in [0.25, 0.3) is 0 Å². The molecule has 0 unspecified atom stereocenters. The molecule has 0 aliphatic rings. The van der Waals surface area contributed by atoms with Gasteiger partial charge in [0.25, 0.3) is 0 Å². The number of nitrogens with zero attached hydrogens (tertiary/aromatic N) is 1. The molecule has 0 aliphatic carbocycles. The molecule has 5 heteroatoms. The van der Waals surface area contributed by atoms with Crippen molar-refractivity contribution in [1.82, 2.24) is 5.16 Å². The Morgan fingerprint density at radius 3 is 2.62 bits per heavy atom. The van der Waals surface area contributed by atoms with Crippen LogP contribution in [-0.2, 0) is 0 Å². The van der Waals surface area contributed by atoms with Gasteiger partial charge in [0.05, 0.1) is 5.69 Å². The first kappa shape index (κ1) is 11.1. The van der Waals surface area contributed by atoms with E-state index in [0.717, 1.165) is 3.57 Å². The minimum atomic E-state index is -0.540. The summed E-state index contributed by atoms with van der Waals surface area (Å²) in [6.07, 6.45) is 0. The van der Waals surface area contributed by atoms with E-state index in [9.17, 15) is 4.79 Å². The van der Waals surface area contributed by atoms with Crippen molar-refractivity contribution in [2.45, 2.75) is 6.92 Å². The van der Waals surface area contributed by atoms with Gasteiger partial charge in [-0.2, -0.15) is 0 Å². The highest BCUT2D eigenvalue weighted by Crippen LogP contribution is 2.15. The molecule has 0 spiro atoms. The van der Waals surface area contributed by atoms with Gasteiger partial charge in [0.2, 0.25) is 5.76 Å². The van der Waals surface area contributed by atoms with E-state index >= 15 is 0 Å². The minimum absolute atomic E-state index is 0.107. The summed E-state index contributed by atoms with van der Waals surface area (Å²) in [4.78, 5) is 11.6. The molecule has 0 bridgehead atoms. The van der Waals surface area contributed by atoms with E-state index in [1.165, 1.54) is 6.07 Å². The van der Waals surface area contributed by atoms with Crippen molar-refractivity contribution in [3.05, 3.63) is 45.4 Å². The lowest BCUT2D eigenvalue weighted by atomic mass is 10.3. The largest absolute Gasteiger partial charge is 0.421 e. The molecule has 1 aromatic heterocycles. The summed E-state index contributed by atoms with van der Waals surface area (Å²) in [6, 6.07) is 8.70. The van der Waals surface area contributed by atoms with Crippen molar-refractivity contribution in [2.24, 2.45) is 0 Å². The van der Waals surface area contributed by atoms with E-state index in [1.807, 2.05) is 12.1 Å². The highest BCUT2D eigenvalue weighted by molar-refractivity contribution is 14.1. The second kappa shape index (κ2) is 4.65. The molecule has 82 valence electrons. The van der Waals surface area contributed by atoms with Crippen molar-refractivity contribution in [3.63, 3.8) is 0 Å². The van der Waals surface area contributed by atoms with Gasteiger partial charge in [0.15, 0.2) is 0 Å². The summed E-state index contributed by atoms with van der Waals surface area (Å²) in [5.74, 6) is 0.0531. The number of aromatic nitrogens is 1. The predicted molar refractivity (Wildman–Crippen MR) is 65.4 cm³/mol. The van der Waals surface area contributed by atoms with Crippen LogP contribution in [0.15, 0.2) is 34.9 Å². The fourth-order valence-corrected chi connectivity index (χ4v) is 1.48. The lowest BCUT2D eigenvalue weighted by Crippen LogP contribution is -2.07. The standard InChI is InChI=1S/C11H8INO3/c1-7-6-10(16-13-7)11(14)15-9-4-2-8(12)3-5-9/h2-6H,1H3. The molecule has 0 atom stereocenters. The zero-order valence-corrected chi connectivity index (χ0v) is 10.6. The molecule has 4 nitrogen and oxygen atoms in total. The average Bonchev–Trinajstić information content (AvgIpc) is 2.68. The van der Waals surface area contributed by atoms with Gasteiger partial charge < -0.3 is 9.26 Å². The van der Waals surface area contributed by atoms with Crippen LogP contribution in [-0.4, -0.2) is 11.1 Å². The third-order valence-electron chi connectivity index (χ3n) is 1.85. The Bertz CT molecular complexity index is 504. The van der Waals surface area contributed by atoms with Gasteiger partial charge in [0, 0.05) is 9.64 Å². The van der Waals surface area contributed by atoms with E-state index in [1.54, 1.807) is 19.1 Å². The Hall–Kier alpha value is -1.37. The van der Waals surface area contributed by atoms with Crippen molar-refractivity contribution in [2.75, 3.05) is 0 Å². The third-order valence-corrected chi connectivity index (χ3v) is 2.57. The van der Waals surface area contributed by atoms with E-state index < -0.39 is 5.97 Å². The molecule has 2 rings (SSSR count). The number of benzene rings is 1. The molecule has 0 saturated heterocycles. The summed E-state index contributed by atoms with van der Waals surface area (Å²) in [5.41, 5.74) is 0.648. The highest BCUT2D eigenvalue weighted by Gasteiger charge is 2.13. The molecule has 0 radical (unpaired) electrons. The van der Waals surface area contributed by atoms with Gasteiger partial charge >= 0.3 is 5.97 Å². The topological polar surface area (TPSA) is 52.3 Å². The molecule has 16 heavy (non-hydrogen) atoms. The first-order valence-electron chi connectivity index (χ1n) is 4.56. The van der Waals surface area contributed by atoms with E-state index in [-0.39, 0.29) is 5.76 Å². The lowest BCUT2D eigenvalue weighted by molar-refractivity contribution is 0.0691. The van der Waals surface area contributed by atoms with Crippen LogP contribution >= 0.6 is 22.6 Å². The Morgan fingerprint density at radius 1 is 1.38 bits per heavy atom. The van der Waals surface area contributed by atoms with Crippen molar-refractivity contribution >= 4 is 28.6 Å². The summed E-state index contributed by atoms with van der Waals surface area (Å²) in [5, 5.41) is 3.62. The molecule has 1 heterocycles. The van der Waals surface area contributed by atoms with Crippen LogP contribution < -0.4 is 4.74 Å². The molecular formula is C11H8INO3. The number of rotatable bonds is 2. The Morgan fingerprint density at radius 2 is 2.06 bits per heavy atom. The summed E-state index contributed by atoms with van der Waals surface area (Å²) < 4.78 is 11.0. The molecular weight excluding hydrogens is 321 g/mol. The minimum Gasteiger partial charge on any atom is -0.421 e. The summed E-state index contributed by atoms with van der Waals surface area (Å²) in [6.45, 7) is 1.74. The average molecular weight is 329 g/mol. The molecule has 0 N–H and O–H groups in total. The van der Waals surface area contributed by atoms with E-state index in [4.69, 9.17) is 9.26 Å². The first-order chi connectivity index (χ1) is 7.65. The highest BCUT2D eigenvalue weighted by atomic mass is 127. The van der Waals surface area contributed by atoms with E-state index in [0.29, 0.717) is 11.4 Å². The monoisotopic (exact) mass is 329 g/mol. The van der Waals surface area contributed by atoms with Gasteiger partial charge in [-0.15, -0.1) is 0 Å². The quantitative estimate of drug-likeness (QED) is 0.483. The fourth-order valence-electron chi connectivity index (χ4n) is 1.12. The van der Waals surface area contributed by atoms with Gasteiger partial charge in [-0.1, -0.05) is 5.16 Å². The molecule has 2 aromatic rings. The molecule has 0 aliphatic heterocycles. The maximum atomic E-state index is 11.6. The second-order valence-corrected chi connectivity index (χ2v) is 4.42. The van der Waals surface area contributed by atoms with E-state index in [2.05, 4.69) is 27.7 Å². The Labute approximate surface area is 106 Å². The number of carbonyl (C=O) groups excluding carboxylic acids is 1. The second-order valence-electron chi connectivity index (χ2n) is 3.18. The van der Waals surface area contributed by atoms with Crippen LogP contribution in [0.5, 0.6) is 5.75 Å². The maximum Gasteiger partial charge on any atom is 0.382 e. The molecule has 0 saturated carbocycles. The van der Waals surface area contributed by atoms with Crippen LogP contribution in [0.2, 0.25) is 0 Å². The maximum absolute atomic E-state index is 11.6. The number of carbonyl (C=O) groups is 1. The number of esters is 1. The van der Waals surface area contributed by atoms with Crippen LogP contribution in [0.1, 0.15) is 16.2 Å². The Balaban J connectivity index is 2.10.